The molecule has 0 spiro atoms. The molecule has 1 aromatic heterocycles. The molecule has 1 amide bonds. The molecule has 0 saturated heterocycles. The van der Waals surface area contributed by atoms with Crippen LogP contribution < -0.4 is 10.1 Å². The molecule has 1 N–H and O–H groups in total. The zero-order valence-electron chi connectivity index (χ0n) is 10.3. The molecule has 100 valence electrons. The van der Waals surface area contributed by atoms with Crippen molar-refractivity contribution in [2.75, 3.05) is 13.2 Å². The smallest absolute Gasteiger partial charge is 0.287 e. The molecular weight excluding hydrogens is 266 g/mol. The fourth-order valence-electron chi connectivity index (χ4n) is 1.51. The van der Waals surface area contributed by atoms with Crippen LogP contribution in [-0.2, 0) is 5.88 Å². The highest BCUT2D eigenvalue weighted by Gasteiger charge is 2.09. The van der Waals surface area contributed by atoms with E-state index in [-0.39, 0.29) is 17.5 Å². The second-order valence-corrected chi connectivity index (χ2v) is 4.08. The lowest BCUT2D eigenvalue weighted by molar-refractivity contribution is 0.0918. The van der Waals surface area contributed by atoms with Crippen molar-refractivity contribution < 1.29 is 13.9 Å². The van der Waals surface area contributed by atoms with Crippen LogP contribution in [0.25, 0.3) is 0 Å². The summed E-state index contributed by atoms with van der Waals surface area (Å²) < 4.78 is 10.7. The summed E-state index contributed by atoms with van der Waals surface area (Å²) >= 11 is 5.59. The van der Waals surface area contributed by atoms with E-state index in [0.717, 1.165) is 5.75 Å². The first kappa shape index (κ1) is 13.5. The van der Waals surface area contributed by atoms with Gasteiger partial charge in [0.2, 0.25) is 0 Å². The van der Waals surface area contributed by atoms with Crippen LogP contribution in [0.5, 0.6) is 5.75 Å². The Labute approximate surface area is 116 Å². The van der Waals surface area contributed by atoms with Gasteiger partial charge >= 0.3 is 0 Å². The molecule has 0 aliphatic rings. The molecule has 1 aromatic carbocycles. The summed E-state index contributed by atoms with van der Waals surface area (Å²) in [6, 6.07) is 12.7. The topological polar surface area (TPSA) is 51.5 Å². The summed E-state index contributed by atoms with van der Waals surface area (Å²) in [5.41, 5.74) is 0. The number of carbonyl (C=O) groups excluding carboxylic acids is 1. The van der Waals surface area contributed by atoms with E-state index in [1.807, 2.05) is 30.3 Å². The van der Waals surface area contributed by atoms with Gasteiger partial charge in [0.15, 0.2) is 5.76 Å². The first-order valence-electron chi connectivity index (χ1n) is 5.90. The maximum absolute atomic E-state index is 11.7. The number of ether oxygens (including phenoxy) is 1. The fraction of sp³-hybridized carbons (Fsp3) is 0.214. The number of para-hydroxylation sites is 1. The van der Waals surface area contributed by atoms with Crippen molar-refractivity contribution in [1.82, 2.24) is 5.32 Å². The number of halogens is 1. The second-order valence-electron chi connectivity index (χ2n) is 3.82. The largest absolute Gasteiger partial charge is 0.492 e. The van der Waals surface area contributed by atoms with Gasteiger partial charge in [0.1, 0.15) is 18.1 Å². The number of hydrogen-bond donors (Lipinski definition) is 1. The molecule has 0 aliphatic carbocycles. The van der Waals surface area contributed by atoms with Crippen LogP contribution in [0, 0.1) is 0 Å². The first-order chi connectivity index (χ1) is 9.29. The number of hydrogen-bond acceptors (Lipinski definition) is 3. The van der Waals surface area contributed by atoms with Gasteiger partial charge in [0.25, 0.3) is 5.91 Å². The molecule has 0 atom stereocenters. The molecule has 2 aromatic rings. The Kier molecular flexibility index (Phi) is 4.86. The molecule has 0 fully saturated rings. The Balaban J connectivity index is 1.72. The zero-order chi connectivity index (χ0) is 13.5. The summed E-state index contributed by atoms with van der Waals surface area (Å²) in [6.07, 6.45) is 0. The molecule has 0 radical (unpaired) electrons. The van der Waals surface area contributed by atoms with Crippen LogP contribution in [0.2, 0.25) is 0 Å². The minimum absolute atomic E-state index is 0.254. The van der Waals surface area contributed by atoms with E-state index in [9.17, 15) is 4.79 Å². The molecular formula is C14H14ClNO3. The number of carbonyl (C=O) groups is 1. The van der Waals surface area contributed by atoms with Gasteiger partial charge in [0.05, 0.1) is 12.4 Å². The van der Waals surface area contributed by atoms with Gasteiger partial charge in [-0.2, -0.15) is 0 Å². The van der Waals surface area contributed by atoms with Crippen molar-refractivity contribution in [3.63, 3.8) is 0 Å². The highest BCUT2D eigenvalue weighted by molar-refractivity contribution is 6.16. The van der Waals surface area contributed by atoms with E-state index >= 15 is 0 Å². The van der Waals surface area contributed by atoms with Crippen LogP contribution in [0.4, 0.5) is 0 Å². The van der Waals surface area contributed by atoms with Crippen LogP contribution >= 0.6 is 11.6 Å². The zero-order valence-corrected chi connectivity index (χ0v) is 11.0. The van der Waals surface area contributed by atoms with Gasteiger partial charge in [-0.1, -0.05) is 18.2 Å². The molecule has 0 aliphatic heterocycles. The van der Waals surface area contributed by atoms with E-state index < -0.39 is 0 Å². The van der Waals surface area contributed by atoms with E-state index in [2.05, 4.69) is 5.32 Å². The summed E-state index contributed by atoms with van der Waals surface area (Å²) in [6.45, 7) is 0.809. The summed E-state index contributed by atoms with van der Waals surface area (Å²) in [5, 5.41) is 2.71. The van der Waals surface area contributed by atoms with E-state index in [4.69, 9.17) is 20.8 Å². The standard InChI is InChI=1S/C14H14ClNO3/c15-10-12-6-7-13(19-12)14(17)16-8-9-18-11-4-2-1-3-5-11/h1-7H,8-10H2,(H,16,17). The Bertz CT molecular complexity index is 524. The van der Waals surface area contributed by atoms with E-state index in [1.165, 1.54) is 0 Å². The normalized spacial score (nSPS) is 10.2. The molecule has 5 heteroatoms. The van der Waals surface area contributed by atoms with Gasteiger partial charge in [-0.15, -0.1) is 11.6 Å². The minimum atomic E-state index is -0.270. The average Bonchev–Trinajstić information content (AvgIpc) is 2.93. The number of alkyl halides is 1. The third kappa shape index (κ3) is 4.03. The number of nitrogens with one attached hydrogen (secondary N) is 1. The first-order valence-corrected chi connectivity index (χ1v) is 6.44. The molecule has 19 heavy (non-hydrogen) atoms. The number of benzene rings is 1. The quantitative estimate of drug-likeness (QED) is 0.653. The van der Waals surface area contributed by atoms with Crippen molar-refractivity contribution in [2.24, 2.45) is 0 Å². The predicted octanol–water partition coefficient (Wildman–Crippen LogP) is 2.83. The van der Waals surface area contributed by atoms with Crippen molar-refractivity contribution in [1.29, 1.82) is 0 Å². The third-order valence-electron chi connectivity index (χ3n) is 2.42. The van der Waals surface area contributed by atoms with Crippen molar-refractivity contribution >= 4 is 17.5 Å². The Morgan fingerprint density at radius 1 is 1.21 bits per heavy atom. The molecule has 0 saturated carbocycles. The third-order valence-corrected chi connectivity index (χ3v) is 2.68. The van der Waals surface area contributed by atoms with Gasteiger partial charge in [-0.3, -0.25) is 4.79 Å². The lowest BCUT2D eigenvalue weighted by Crippen LogP contribution is -2.27. The summed E-state index contributed by atoms with van der Waals surface area (Å²) in [7, 11) is 0. The maximum Gasteiger partial charge on any atom is 0.287 e. The van der Waals surface area contributed by atoms with Crippen LogP contribution in [0.15, 0.2) is 46.9 Å². The van der Waals surface area contributed by atoms with Gasteiger partial charge in [-0.05, 0) is 24.3 Å². The Morgan fingerprint density at radius 3 is 2.68 bits per heavy atom. The van der Waals surface area contributed by atoms with Crippen molar-refractivity contribution in [2.45, 2.75) is 5.88 Å². The molecule has 2 rings (SSSR count). The monoisotopic (exact) mass is 279 g/mol. The second kappa shape index (κ2) is 6.85. The summed E-state index contributed by atoms with van der Waals surface area (Å²) in [4.78, 5) is 11.7. The van der Waals surface area contributed by atoms with Gasteiger partial charge < -0.3 is 14.5 Å². The van der Waals surface area contributed by atoms with Gasteiger partial charge in [0, 0.05) is 0 Å². The average molecular weight is 280 g/mol. The molecule has 4 nitrogen and oxygen atoms in total. The molecule has 1 heterocycles. The number of furan rings is 1. The van der Waals surface area contributed by atoms with Gasteiger partial charge in [-0.25, -0.2) is 0 Å². The SMILES string of the molecule is O=C(NCCOc1ccccc1)c1ccc(CCl)o1. The Hall–Kier alpha value is -1.94. The lowest BCUT2D eigenvalue weighted by atomic mass is 10.3. The predicted molar refractivity (Wildman–Crippen MR) is 72.5 cm³/mol. The lowest BCUT2D eigenvalue weighted by Gasteiger charge is -2.06. The van der Waals surface area contributed by atoms with Crippen LogP contribution in [-0.4, -0.2) is 19.1 Å². The van der Waals surface area contributed by atoms with E-state index in [1.54, 1.807) is 12.1 Å². The summed E-state index contributed by atoms with van der Waals surface area (Å²) in [5.74, 6) is 1.60. The number of rotatable bonds is 6. The van der Waals surface area contributed by atoms with Crippen molar-refractivity contribution in [3.05, 3.63) is 54.0 Å². The minimum Gasteiger partial charge on any atom is -0.492 e. The van der Waals surface area contributed by atoms with E-state index in [0.29, 0.717) is 18.9 Å². The van der Waals surface area contributed by atoms with Crippen LogP contribution in [0.3, 0.4) is 0 Å². The van der Waals surface area contributed by atoms with Crippen molar-refractivity contribution in [3.8, 4) is 5.75 Å². The molecule has 0 unspecified atom stereocenters. The maximum atomic E-state index is 11.7. The highest BCUT2D eigenvalue weighted by Crippen LogP contribution is 2.10. The Morgan fingerprint density at radius 2 is 2.00 bits per heavy atom. The number of amides is 1. The van der Waals surface area contributed by atoms with Crippen LogP contribution in [0.1, 0.15) is 16.3 Å². The molecule has 0 bridgehead atoms. The highest BCUT2D eigenvalue weighted by atomic mass is 35.5. The fourth-order valence-corrected chi connectivity index (χ4v) is 1.65.